The topological polar surface area (TPSA) is 12.5 Å². The molecular weight excluding hydrogens is 487 g/mol. The Morgan fingerprint density at radius 2 is 1.59 bits per heavy atom. The zero-order valence-corrected chi connectivity index (χ0v) is 19.0. The van der Waals surface area contributed by atoms with Gasteiger partial charge in [-0.3, -0.25) is 0 Å². The van der Waals surface area contributed by atoms with E-state index in [2.05, 4.69) is 11.3 Å². The lowest BCUT2D eigenvalue weighted by Gasteiger charge is -2.34. The molecule has 1 aliphatic rings. The summed E-state index contributed by atoms with van der Waals surface area (Å²) in [5.41, 5.74) is -0.583. The molecule has 10 heteroatoms. The summed E-state index contributed by atoms with van der Waals surface area (Å²) in [5, 5.41) is -0.0146. The molecule has 0 atom stereocenters. The standard InChI is InChI=1S/C22H15ClF7NO.C2H6/c1-12-16(23)9-15(13-5-3-2-4-6-13)21(31(12)10-19(26)27)20-17(24)7-14(8-18(20)25)32-11-22(28,29)30;1-2/h2-9,19H,1,10-11H2;1-2H3. The molecule has 2 nitrogen and oxygen atoms in total. The normalized spacial score (nSPS) is 14.1. The Hall–Kier alpha value is -2.94. The maximum absolute atomic E-state index is 15.0. The van der Waals surface area contributed by atoms with Crippen molar-refractivity contribution in [2.75, 3.05) is 13.2 Å². The minimum absolute atomic E-state index is 0.0146. The number of ether oxygens (including phenoxy) is 1. The Morgan fingerprint density at radius 3 is 2.09 bits per heavy atom. The van der Waals surface area contributed by atoms with Crippen LogP contribution in [-0.4, -0.2) is 30.7 Å². The highest BCUT2D eigenvalue weighted by Gasteiger charge is 2.32. The van der Waals surface area contributed by atoms with Gasteiger partial charge in [0, 0.05) is 17.7 Å². The molecular formula is C24H21ClF7NO. The number of alkyl halides is 5. The number of allylic oxidation sites excluding steroid dienone is 3. The molecule has 2 aromatic carbocycles. The largest absolute Gasteiger partial charge is 0.484 e. The van der Waals surface area contributed by atoms with Gasteiger partial charge in [0.2, 0.25) is 0 Å². The quantitative estimate of drug-likeness (QED) is 0.367. The highest BCUT2D eigenvalue weighted by Crippen LogP contribution is 2.43. The van der Waals surface area contributed by atoms with E-state index in [1.165, 1.54) is 6.08 Å². The number of benzene rings is 2. The van der Waals surface area contributed by atoms with E-state index in [0.717, 1.165) is 4.90 Å². The molecule has 1 aliphatic heterocycles. The summed E-state index contributed by atoms with van der Waals surface area (Å²) in [6.45, 7) is 4.90. The van der Waals surface area contributed by atoms with Crippen molar-refractivity contribution in [2.45, 2.75) is 26.4 Å². The molecule has 0 saturated heterocycles. The van der Waals surface area contributed by atoms with E-state index in [1.54, 1.807) is 30.3 Å². The average molecular weight is 508 g/mol. The summed E-state index contributed by atoms with van der Waals surface area (Å²) in [5.74, 6) is -3.31. The highest BCUT2D eigenvalue weighted by molar-refractivity contribution is 6.33. The molecule has 3 rings (SSSR count). The summed E-state index contributed by atoms with van der Waals surface area (Å²) in [6.07, 6.45) is -6.30. The van der Waals surface area contributed by atoms with Crippen LogP contribution in [0.25, 0.3) is 11.3 Å². The third-order valence-electron chi connectivity index (χ3n) is 4.46. The van der Waals surface area contributed by atoms with Gasteiger partial charge in [-0.05, 0) is 11.6 Å². The van der Waals surface area contributed by atoms with Crippen LogP contribution in [0.3, 0.4) is 0 Å². The molecule has 0 radical (unpaired) electrons. The van der Waals surface area contributed by atoms with Crippen molar-refractivity contribution >= 4 is 22.9 Å². The van der Waals surface area contributed by atoms with Crippen LogP contribution in [0.4, 0.5) is 30.7 Å². The van der Waals surface area contributed by atoms with E-state index in [9.17, 15) is 22.0 Å². The molecule has 0 aromatic heterocycles. The number of hydrogen-bond donors (Lipinski definition) is 0. The third kappa shape index (κ3) is 6.56. The van der Waals surface area contributed by atoms with E-state index >= 15 is 8.78 Å². The van der Waals surface area contributed by atoms with Crippen LogP contribution in [0.2, 0.25) is 0 Å². The first-order chi connectivity index (χ1) is 16.0. The second-order valence-corrected chi connectivity index (χ2v) is 7.14. The van der Waals surface area contributed by atoms with Gasteiger partial charge in [-0.2, -0.15) is 13.2 Å². The Kier molecular flexibility index (Phi) is 9.21. The lowest BCUT2D eigenvalue weighted by atomic mass is 9.94. The van der Waals surface area contributed by atoms with Crippen molar-refractivity contribution in [3.63, 3.8) is 0 Å². The lowest BCUT2D eigenvalue weighted by molar-refractivity contribution is -0.153. The van der Waals surface area contributed by atoms with E-state index in [-0.39, 0.29) is 22.0 Å². The van der Waals surface area contributed by atoms with Gasteiger partial charge in [-0.25, -0.2) is 17.6 Å². The van der Waals surface area contributed by atoms with Gasteiger partial charge in [0.15, 0.2) is 6.61 Å². The van der Waals surface area contributed by atoms with Crippen LogP contribution >= 0.6 is 11.6 Å². The van der Waals surface area contributed by atoms with Gasteiger partial charge >= 0.3 is 6.18 Å². The predicted molar refractivity (Wildman–Crippen MR) is 118 cm³/mol. The summed E-state index contributed by atoms with van der Waals surface area (Å²) in [4.78, 5) is 0.882. The molecule has 2 aromatic rings. The Morgan fingerprint density at radius 1 is 1.03 bits per heavy atom. The van der Waals surface area contributed by atoms with Crippen molar-refractivity contribution in [3.8, 4) is 5.75 Å². The first-order valence-corrected chi connectivity index (χ1v) is 10.5. The summed E-state index contributed by atoms with van der Waals surface area (Å²) in [7, 11) is 0. The molecule has 0 spiro atoms. The van der Waals surface area contributed by atoms with E-state index in [1.807, 2.05) is 13.8 Å². The van der Waals surface area contributed by atoms with Crippen molar-refractivity contribution in [3.05, 3.63) is 88.6 Å². The van der Waals surface area contributed by atoms with Gasteiger partial charge in [0.05, 0.1) is 28.5 Å². The predicted octanol–water partition coefficient (Wildman–Crippen LogP) is 8.02. The number of hydrogen-bond acceptors (Lipinski definition) is 2. The Labute approximate surface area is 197 Å². The van der Waals surface area contributed by atoms with Gasteiger partial charge in [-0.15, -0.1) is 0 Å². The van der Waals surface area contributed by atoms with Crippen LogP contribution in [-0.2, 0) is 0 Å². The smallest absolute Gasteiger partial charge is 0.422 e. The number of halogens is 8. The molecule has 0 bridgehead atoms. The Bertz CT molecular complexity index is 1060. The van der Waals surface area contributed by atoms with Crippen molar-refractivity contribution in [2.24, 2.45) is 0 Å². The second kappa shape index (κ2) is 11.5. The SMILES string of the molecule is C=C1C(Cl)=CC(c2ccccc2)=C(c2c(F)cc(OCC(F)(F)F)cc2F)N1CC(F)F.CC. The molecule has 0 amide bonds. The van der Waals surface area contributed by atoms with Crippen LogP contribution in [0.1, 0.15) is 25.0 Å². The van der Waals surface area contributed by atoms with E-state index in [0.29, 0.717) is 17.7 Å². The minimum atomic E-state index is -4.72. The highest BCUT2D eigenvalue weighted by atomic mass is 35.5. The number of nitrogens with zero attached hydrogens (tertiary/aromatic N) is 1. The summed E-state index contributed by atoms with van der Waals surface area (Å²) < 4.78 is 98.2. The first-order valence-electron chi connectivity index (χ1n) is 10.1. The fourth-order valence-corrected chi connectivity index (χ4v) is 3.37. The first kappa shape index (κ1) is 27.3. The minimum Gasteiger partial charge on any atom is -0.484 e. The van der Waals surface area contributed by atoms with E-state index in [4.69, 9.17) is 11.6 Å². The summed E-state index contributed by atoms with van der Waals surface area (Å²) in [6, 6.07) is 9.23. The van der Waals surface area contributed by atoms with Crippen LogP contribution < -0.4 is 4.74 Å². The van der Waals surface area contributed by atoms with Crippen molar-refractivity contribution < 1.29 is 35.5 Å². The molecule has 0 aliphatic carbocycles. The zero-order chi connectivity index (χ0) is 25.6. The monoisotopic (exact) mass is 507 g/mol. The van der Waals surface area contributed by atoms with Crippen LogP contribution in [0, 0.1) is 11.6 Å². The van der Waals surface area contributed by atoms with Crippen LogP contribution in [0.15, 0.2) is 65.8 Å². The van der Waals surface area contributed by atoms with Crippen molar-refractivity contribution in [1.29, 1.82) is 0 Å². The van der Waals surface area contributed by atoms with Gasteiger partial charge in [0.25, 0.3) is 6.43 Å². The maximum atomic E-state index is 15.0. The second-order valence-electron chi connectivity index (χ2n) is 6.73. The molecule has 0 unspecified atom stereocenters. The Balaban J connectivity index is 0.00000199. The zero-order valence-electron chi connectivity index (χ0n) is 18.2. The van der Waals surface area contributed by atoms with Gasteiger partial charge in [0.1, 0.15) is 17.4 Å². The fraction of sp³-hybridized carbons (Fsp3) is 0.250. The van der Waals surface area contributed by atoms with Gasteiger partial charge < -0.3 is 9.64 Å². The maximum Gasteiger partial charge on any atom is 0.422 e. The molecule has 0 saturated carbocycles. The van der Waals surface area contributed by atoms with Crippen molar-refractivity contribution in [1.82, 2.24) is 4.90 Å². The fourth-order valence-electron chi connectivity index (χ4n) is 3.16. The molecule has 184 valence electrons. The lowest BCUT2D eigenvalue weighted by Crippen LogP contribution is -2.30. The average Bonchev–Trinajstić information content (AvgIpc) is 2.77. The summed E-state index contributed by atoms with van der Waals surface area (Å²) >= 11 is 6.16. The number of rotatable bonds is 6. The molecule has 34 heavy (non-hydrogen) atoms. The molecule has 0 fully saturated rings. The van der Waals surface area contributed by atoms with E-state index < -0.39 is 48.7 Å². The molecule has 1 heterocycles. The van der Waals surface area contributed by atoms with Crippen LogP contribution in [0.5, 0.6) is 5.75 Å². The third-order valence-corrected chi connectivity index (χ3v) is 4.79. The van der Waals surface area contributed by atoms with Gasteiger partial charge in [-0.1, -0.05) is 62.4 Å². The molecule has 0 N–H and O–H groups in total.